The molecule has 0 fully saturated rings. The van der Waals surface area contributed by atoms with Crippen molar-refractivity contribution in [1.29, 1.82) is 0 Å². The number of para-hydroxylation sites is 2. The van der Waals surface area contributed by atoms with Crippen molar-refractivity contribution in [3.63, 3.8) is 0 Å². The quantitative estimate of drug-likeness (QED) is 0.865. The van der Waals surface area contributed by atoms with Crippen molar-refractivity contribution in [2.75, 3.05) is 11.9 Å². The lowest BCUT2D eigenvalue weighted by Gasteiger charge is -2.19. The molecule has 19 heavy (non-hydrogen) atoms. The van der Waals surface area contributed by atoms with Crippen molar-refractivity contribution in [2.45, 2.75) is 26.9 Å². The number of ether oxygens (including phenoxy) is 1. The van der Waals surface area contributed by atoms with Gasteiger partial charge in [-0.05, 0) is 44.0 Å². The molecule has 2 heteroatoms. The van der Waals surface area contributed by atoms with E-state index in [1.807, 2.05) is 18.2 Å². The van der Waals surface area contributed by atoms with Crippen LogP contribution < -0.4 is 10.1 Å². The minimum Gasteiger partial charge on any atom is -0.488 e. The van der Waals surface area contributed by atoms with E-state index in [-0.39, 0.29) is 6.10 Å². The molecule has 0 amide bonds. The second-order valence-electron chi connectivity index (χ2n) is 4.90. The van der Waals surface area contributed by atoms with Crippen molar-refractivity contribution in [3.8, 4) is 5.75 Å². The molecule has 1 N–H and O–H groups in total. The van der Waals surface area contributed by atoms with E-state index in [9.17, 15) is 0 Å². The van der Waals surface area contributed by atoms with Crippen LogP contribution in [-0.4, -0.2) is 12.6 Å². The Hall–Kier alpha value is -1.96. The SMILES string of the molecule is Cc1cccc(C)c1OC(C)CNc1ccccc1. The highest BCUT2D eigenvalue weighted by Crippen LogP contribution is 2.23. The lowest BCUT2D eigenvalue weighted by Crippen LogP contribution is -2.23. The molecular formula is C17H21NO. The van der Waals surface area contributed by atoms with Gasteiger partial charge in [0.1, 0.15) is 11.9 Å². The van der Waals surface area contributed by atoms with Crippen LogP contribution in [0.15, 0.2) is 48.5 Å². The number of hydrogen-bond acceptors (Lipinski definition) is 2. The van der Waals surface area contributed by atoms with Gasteiger partial charge in [-0.2, -0.15) is 0 Å². The van der Waals surface area contributed by atoms with E-state index in [1.54, 1.807) is 0 Å². The summed E-state index contributed by atoms with van der Waals surface area (Å²) in [5.74, 6) is 1.00. The minimum atomic E-state index is 0.125. The van der Waals surface area contributed by atoms with Crippen molar-refractivity contribution >= 4 is 5.69 Å². The zero-order valence-corrected chi connectivity index (χ0v) is 11.8. The third-order valence-electron chi connectivity index (χ3n) is 3.10. The van der Waals surface area contributed by atoms with Gasteiger partial charge in [0.05, 0.1) is 6.54 Å². The number of aryl methyl sites for hydroxylation is 2. The molecule has 2 aromatic rings. The summed E-state index contributed by atoms with van der Waals surface area (Å²) < 4.78 is 6.04. The summed E-state index contributed by atoms with van der Waals surface area (Å²) in [6.45, 7) is 7.04. The maximum atomic E-state index is 6.04. The van der Waals surface area contributed by atoms with Crippen molar-refractivity contribution in [2.24, 2.45) is 0 Å². The lowest BCUT2D eigenvalue weighted by molar-refractivity contribution is 0.231. The van der Waals surface area contributed by atoms with Crippen LogP contribution in [0.2, 0.25) is 0 Å². The van der Waals surface area contributed by atoms with Crippen molar-refractivity contribution in [3.05, 3.63) is 59.7 Å². The maximum Gasteiger partial charge on any atom is 0.125 e. The Labute approximate surface area is 115 Å². The Balaban J connectivity index is 1.93. The molecule has 0 saturated carbocycles. The molecule has 0 radical (unpaired) electrons. The third kappa shape index (κ3) is 3.75. The van der Waals surface area contributed by atoms with E-state index >= 15 is 0 Å². The van der Waals surface area contributed by atoms with Crippen LogP contribution in [-0.2, 0) is 0 Å². The molecule has 100 valence electrons. The Morgan fingerprint density at radius 3 is 2.21 bits per heavy atom. The van der Waals surface area contributed by atoms with Gasteiger partial charge in [0.15, 0.2) is 0 Å². The fourth-order valence-corrected chi connectivity index (χ4v) is 2.05. The van der Waals surface area contributed by atoms with E-state index in [0.29, 0.717) is 0 Å². The highest BCUT2D eigenvalue weighted by atomic mass is 16.5. The van der Waals surface area contributed by atoms with Crippen LogP contribution in [0.3, 0.4) is 0 Å². The van der Waals surface area contributed by atoms with Crippen LogP contribution in [0.25, 0.3) is 0 Å². The Kier molecular flexibility index (Phi) is 4.45. The molecule has 0 spiro atoms. The summed E-state index contributed by atoms with van der Waals surface area (Å²) in [5.41, 5.74) is 3.50. The molecule has 0 aliphatic heterocycles. The van der Waals surface area contributed by atoms with E-state index in [0.717, 1.165) is 18.0 Å². The van der Waals surface area contributed by atoms with E-state index in [4.69, 9.17) is 4.74 Å². The molecule has 2 rings (SSSR count). The fraction of sp³-hybridized carbons (Fsp3) is 0.294. The van der Waals surface area contributed by atoms with Gasteiger partial charge in [-0.1, -0.05) is 36.4 Å². The van der Waals surface area contributed by atoms with E-state index < -0.39 is 0 Å². The summed E-state index contributed by atoms with van der Waals surface area (Å²) in [7, 11) is 0. The normalized spacial score (nSPS) is 11.9. The molecule has 2 aromatic carbocycles. The highest BCUT2D eigenvalue weighted by Gasteiger charge is 2.08. The predicted octanol–water partition coefficient (Wildman–Crippen LogP) is 4.18. The zero-order valence-electron chi connectivity index (χ0n) is 11.8. The first-order valence-electron chi connectivity index (χ1n) is 6.68. The topological polar surface area (TPSA) is 21.3 Å². The monoisotopic (exact) mass is 255 g/mol. The summed E-state index contributed by atoms with van der Waals surface area (Å²) in [4.78, 5) is 0. The molecule has 1 unspecified atom stereocenters. The maximum absolute atomic E-state index is 6.04. The fourth-order valence-electron chi connectivity index (χ4n) is 2.05. The first-order valence-corrected chi connectivity index (χ1v) is 6.68. The van der Waals surface area contributed by atoms with Gasteiger partial charge in [0.2, 0.25) is 0 Å². The Morgan fingerprint density at radius 1 is 0.947 bits per heavy atom. The molecule has 0 saturated heterocycles. The average molecular weight is 255 g/mol. The van der Waals surface area contributed by atoms with Gasteiger partial charge in [0.25, 0.3) is 0 Å². The van der Waals surface area contributed by atoms with Crippen LogP contribution in [0.1, 0.15) is 18.1 Å². The molecule has 0 aromatic heterocycles. The average Bonchev–Trinajstić information content (AvgIpc) is 2.42. The lowest BCUT2D eigenvalue weighted by atomic mass is 10.1. The van der Waals surface area contributed by atoms with Crippen molar-refractivity contribution in [1.82, 2.24) is 0 Å². The zero-order chi connectivity index (χ0) is 13.7. The molecule has 1 atom stereocenters. The van der Waals surface area contributed by atoms with Gasteiger partial charge >= 0.3 is 0 Å². The third-order valence-corrected chi connectivity index (χ3v) is 3.10. The number of anilines is 1. The van der Waals surface area contributed by atoms with Crippen LogP contribution in [0.4, 0.5) is 5.69 Å². The minimum absolute atomic E-state index is 0.125. The standard InChI is InChI=1S/C17H21NO/c1-13-8-7-9-14(2)17(13)19-15(3)12-18-16-10-5-4-6-11-16/h4-11,15,18H,12H2,1-3H3. The second-order valence-corrected chi connectivity index (χ2v) is 4.90. The molecule has 0 bridgehead atoms. The van der Waals surface area contributed by atoms with Crippen LogP contribution >= 0.6 is 0 Å². The summed E-state index contributed by atoms with van der Waals surface area (Å²) in [5, 5.41) is 3.38. The predicted molar refractivity (Wildman–Crippen MR) is 80.9 cm³/mol. The summed E-state index contributed by atoms with van der Waals surface area (Å²) in [6.07, 6.45) is 0.125. The van der Waals surface area contributed by atoms with Gasteiger partial charge in [0, 0.05) is 5.69 Å². The molecular weight excluding hydrogens is 234 g/mol. The largest absolute Gasteiger partial charge is 0.488 e. The van der Waals surface area contributed by atoms with Crippen LogP contribution in [0, 0.1) is 13.8 Å². The smallest absolute Gasteiger partial charge is 0.125 e. The summed E-state index contributed by atoms with van der Waals surface area (Å²) in [6, 6.07) is 16.4. The number of hydrogen-bond donors (Lipinski definition) is 1. The molecule has 0 aliphatic carbocycles. The van der Waals surface area contributed by atoms with Gasteiger partial charge in [-0.3, -0.25) is 0 Å². The summed E-state index contributed by atoms with van der Waals surface area (Å²) >= 11 is 0. The van der Waals surface area contributed by atoms with Gasteiger partial charge in [-0.15, -0.1) is 0 Å². The van der Waals surface area contributed by atoms with E-state index in [2.05, 4.69) is 56.4 Å². The molecule has 0 heterocycles. The van der Waals surface area contributed by atoms with Crippen molar-refractivity contribution < 1.29 is 4.74 Å². The van der Waals surface area contributed by atoms with Gasteiger partial charge in [-0.25, -0.2) is 0 Å². The number of rotatable bonds is 5. The van der Waals surface area contributed by atoms with Gasteiger partial charge < -0.3 is 10.1 Å². The second kappa shape index (κ2) is 6.28. The first-order chi connectivity index (χ1) is 9.16. The Morgan fingerprint density at radius 2 is 1.58 bits per heavy atom. The van der Waals surface area contributed by atoms with Crippen LogP contribution in [0.5, 0.6) is 5.75 Å². The first kappa shape index (κ1) is 13.5. The number of benzene rings is 2. The molecule has 0 aliphatic rings. The Bertz CT molecular complexity index is 502. The number of nitrogens with one attached hydrogen (secondary N) is 1. The van der Waals surface area contributed by atoms with E-state index in [1.165, 1.54) is 11.1 Å². The highest BCUT2D eigenvalue weighted by molar-refractivity contribution is 5.43. The molecule has 2 nitrogen and oxygen atoms in total.